The van der Waals surface area contributed by atoms with Gasteiger partial charge in [-0.25, -0.2) is 9.37 Å². The zero-order chi connectivity index (χ0) is 18.4. The number of aromatic nitrogens is 1. The van der Waals surface area contributed by atoms with Gasteiger partial charge in [-0.05, 0) is 55.0 Å². The molecular weight excluding hydrogens is 329 g/mol. The molecule has 3 rings (SSSR count). The molecule has 0 spiro atoms. The third kappa shape index (κ3) is 5.04. The highest BCUT2D eigenvalue weighted by atomic mass is 19.1. The van der Waals surface area contributed by atoms with Gasteiger partial charge in [-0.3, -0.25) is 4.79 Å². The summed E-state index contributed by atoms with van der Waals surface area (Å²) in [5, 5.41) is 2.95. The van der Waals surface area contributed by atoms with Crippen LogP contribution in [0.5, 0.6) is 0 Å². The van der Waals surface area contributed by atoms with Gasteiger partial charge in [0.1, 0.15) is 11.6 Å². The molecule has 2 heterocycles. The van der Waals surface area contributed by atoms with Crippen LogP contribution in [-0.4, -0.2) is 24.0 Å². The van der Waals surface area contributed by atoms with Crippen LogP contribution in [0.3, 0.4) is 0 Å². The second kappa shape index (κ2) is 8.79. The molecule has 26 heavy (non-hydrogen) atoms. The molecule has 0 aliphatic carbocycles. The van der Waals surface area contributed by atoms with Gasteiger partial charge in [0.05, 0.1) is 0 Å². The second-order valence-electron chi connectivity index (χ2n) is 7.03. The van der Waals surface area contributed by atoms with Crippen molar-refractivity contribution in [3.8, 4) is 0 Å². The van der Waals surface area contributed by atoms with Crippen LogP contribution in [0, 0.1) is 11.7 Å². The van der Waals surface area contributed by atoms with Crippen molar-refractivity contribution in [2.24, 2.45) is 5.92 Å². The van der Waals surface area contributed by atoms with Gasteiger partial charge in [-0.2, -0.15) is 0 Å². The van der Waals surface area contributed by atoms with Crippen LogP contribution >= 0.6 is 0 Å². The van der Waals surface area contributed by atoms with E-state index in [1.807, 2.05) is 31.3 Å². The molecule has 1 atom stereocenters. The van der Waals surface area contributed by atoms with Crippen LogP contribution in [0.25, 0.3) is 0 Å². The maximum Gasteiger partial charge on any atom is 0.223 e. The maximum atomic E-state index is 13.2. The van der Waals surface area contributed by atoms with Gasteiger partial charge in [0.2, 0.25) is 5.91 Å². The fourth-order valence-corrected chi connectivity index (χ4v) is 3.30. The van der Waals surface area contributed by atoms with Gasteiger partial charge < -0.3 is 10.2 Å². The summed E-state index contributed by atoms with van der Waals surface area (Å²) in [6.07, 6.45) is 6.11. The summed E-state index contributed by atoms with van der Waals surface area (Å²) in [6.45, 7) is 4.46. The van der Waals surface area contributed by atoms with E-state index in [2.05, 4.69) is 15.2 Å². The Bertz CT molecular complexity index is 726. The normalized spacial score (nSPS) is 15.5. The summed E-state index contributed by atoms with van der Waals surface area (Å²) < 4.78 is 13.2. The Morgan fingerprint density at radius 2 is 2.00 bits per heavy atom. The first-order valence-corrected chi connectivity index (χ1v) is 9.34. The number of anilines is 1. The van der Waals surface area contributed by atoms with Crippen LogP contribution < -0.4 is 10.2 Å². The number of nitrogens with zero attached hydrogens (tertiary/aromatic N) is 2. The second-order valence-corrected chi connectivity index (χ2v) is 7.03. The average molecular weight is 355 g/mol. The molecular formula is C21H26FN3O. The third-order valence-corrected chi connectivity index (χ3v) is 4.83. The van der Waals surface area contributed by atoms with Crippen molar-refractivity contribution >= 4 is 11.7 Å². The molecule has 4 nitrogen and oxygen atoms in total. The number of nitrogens with one attached hydrogen (secondary N) is 1. The van der Waals surface area contributed by atoms with E-state index >= 15 is 0 Å². The average Bonchev–Trinajstić information content (AvgIpc) is 2.67. The van der Waals surface area contributed by atoms with E-state index in [1.165, 1.54) is 31.4 Å². The van der Waals surface area contributed by atoms with E-state index in [4.69, 9.17) is 0 Å². The molecule has 1 unspecified atom stereocenters. The topological polar surface area (TPSA) is 45.2 Å². The van der Waals surface area contributed by atoms with Crippen molar-refractivity contribution in [3.05, 3.63) is 59.5 Å². The zero-order valence-corrected chi connectivity index (χ0v) is 15.2. The molecule has 0 saturated carbocycles. The molecule has 0 radical (unpaired) electrons. The summed E-state index contributed by atoms with van der Waals surface area (Å²) in [5.41, 5.74) is 1.82. The predicted molar refractivity (Wildman–Crippen MR) is 101 cm³/mol. The number of rotatable bonds is 6. The van der Waals surface area contributed by atoms with Crippen molar-refractivity contribution < 1.29 is 9.18 Å². The Kier molecular flexibility index (Phi) is 6.21. The lowest BCUT2D eigenvalue weighted by Gasteiger charge is -2.27. The summed E-state index contributed by atoms with van der Waals surface area (Å²) >= 11 is 0. The molecule has 1 aromatic carbocycles. The Hall–Kier alpha value is -2.43. The fraction of sp³-hybridized carbons (Fsp3) is 0.429. The van der Waals surface area contributed by atoms with Crippen LogP contribution in [0.4, 0.5) is 10.2 Å². The van der Waals surface area contributed by atoms with Crippen molar-refractivity contribution in [3.63, 3.8) is 0 Å². The summed E-state index contributed by atoms with van der Waals surface area (Å²) in [6, 6.07) is 10.5. The molecule has 1 N–H and O–H groups in total. The number of amides is 1. The SMILES string of the molecule is CC(Cc1cccc(F)c1)C(=O)NCc1ccc(N2CCCCC2)nc1. The molecule has 1 aliphatic heterocycles. The van der Waals surface area contributed by atoms with Crippen LogP contribution in [0.15, 0.2) is 42.6 Å². The summed E-state index contributed by atoms with van der Waals surface area (Å²) in [7, 11) is 0. The van der Waals surface area contributed by atoms with Crippen LogP contribution in [0.2, 0.25) is 0 Å². The van der Waals surface area contributed by atoms with Crippen LogP contribution in [-0.2, 0) is 17.8 Å². The standard InChI is InChI=1S/C21H26FN3O/c1-16(12-17-6-5-7-19(22)13-17)21(26)24-15-18-8-9-20(23-14-18)25-10-3-2-4-11-25/h5-9,13-14,16H,2-4,10-12,15H2,1H3,(H,24,26). The number of hydrogen-bond donors (Lipinski definition) is 1. The highest BCUT2D eigenvalue weighted by Gasteiger charge is 2.14. The number of hydrogen-bond acceptors (Lipinski definition) is 3. The predicted octanol–water partition coefficient (Wildman–Crippen LogP) is 3.71. The minimum atomic E-state index is -0.269. The Morgan fingerprint density at radius 1 is 1.19 bits per heavy atom. The van der Waals surface area contributed by atoms with Crippen molar-refractivity contribution in [2.75, 3.05) is 18.0 Å². The van der Waals surface area contributed by atoms with Gasteiger partial charge in [0.25, 0.3) is 0 Å². The molecule has 0 bridgehead atoms. The molecule has 1 aliphatic rings. The largest absolute Gasteiger partial charge is 0.357 e. The van der Waals surface area contributed by atoms with Gasteiger partial charge >= 0.3 is 0 Å². The van der Waals surface area contributed by atoms with E-state index < -0.39 is 0 Å². The molecule has 5 heteroatoms. The number of carbonyl (C=O) groups excluding carboxylic acids is 1. The Morgan fingerprint density at radius 3 is 2.69 bits per heavy atom. The van der Waals surface area contributed by atoms with Gasteiger partial charge in [0, 0.05) is 31.7 Å². The van der Waals surface area contributed by atoms with E-state index in [9.17, 15) is 9.18 Å². The number of piperidine rings is 1. The lowest BCUT2D eigenvalue weighted by atomic mass is 10.0. The molecule has 2 aromatic rings. The van der Waals surface area contributed by atoms with Crippen molar-refractivity contribution in [1.82, 2.24) is 10.3 Å². The Labute approximate surface area is 154 Å². The first-order valence-electron chi connectivity index (χ1n) is 9.34. The highest BCUT2D eigenvalue weighted by Crippen LogP contribution is 2.17. The van der Waals surface area contributed by atoms with Gasteiger partial charge in [0.15, 0.2) is 0 Å². The minimum Gasteiger partial charge on any atom is -0.357 e. The molecule has 1 aromatic heterocycles. The number of halogens is 1. The zero-order valence-electron chi connectivity index (χ0n) is 15.2. The number of benzene rings is 1. The molecule has 138 valence electrons. The minimum absolute atomic E-state index is 0.0330. The highest BCUT2D eigenvalue weighted by molar-refractivity contribution is 5.78. The van der Waals surface area contributed by atoms with Crippen LogP contribution in [0.1, 0.15) is 37.3 Å². The lowest BCUT2D eigenvalue weighted by Crippen LogP contribution is -2.31. The van der Waals surface area contributed by atoms with E-state index in [1.54, 1.807) is 6.07 Å². The fourth-order valence-electron chi connectivity index (χ4n) is 3.30. The van der Waals surface area contributed by atoms with Crippen molar-refractivity contribution in [2.45, 2.75) is 39.2 Å². The van der Waals surface area contributed by atoms with Gasteiger partial charge in [-0.15, -0.1) is 0 Å². The monoisotopic (exact) mass is 355 g/mol. The van der Waals surface area contributed by atoms with E-state index in [-0.39, 0.29) is 17.6 Å². The quantitative estimate of drug-likeness (QED) is 0.859. The van der Waals surface area contributed by atoms with Gasteiger partial charge in [-0.1, -0.05) is 25.1 Å². The first kappa shape index (κ1) is 18.4. The third-order valence-electron chi connectivity index (χ3n) is 4.83. The maximum absolute atomic E-state index is 13.2. The molecule has 1 fully saturated rings. The molecule has 1 saturated heterocycles. The Balaban J connectivity index is 1.49. The molecule has 1 amide bonds. The van der Waals surface area contributed by atoms with E-state index in [0.717, 1.165) is 30.0 Å². The van der Waals surface area contributed by atoms with E-state index in [0.29, 0.717) is 13.0 Å². The smallest absolute Gasteiger partial charge is 0.223 e. The lowest BCUT2D eigenvalue weighted by molar-refractivity contribution is -0.124. The van der Waals surface area contributed by atoms with Crippen molar-refractivity contribution in [1.29, 1.82) is 0 Å². The number of carbonyl (C=O) groups is 1. The first-order chi connectivity index (χ1) is 12.6. The summed E-state index contributed by atoms with van der Waals surface area (Å²) in [5.74, 6) is 0.501. The summed E-state index contributed by atoms with van der Waals surface area (Å²) in [4.78, 5) is 19.1. The number of pyridine rings is 1.